The first kappa shape index (κ1) is 18.0. The van der Waals surface area contributed by atoms with Crippen LogP contribution < -0.4 is 5.32 Å². The summed E-state index contributed by atoms with van der Waals surface area (Å²) in [5.41, 5.74) is 1.88. The first-order chi connectivity index (χ1) is 12.2. The van der Waals surface area contributed by atoms with Crippen LogP contribution in [0.3, 0.4) is 0 Å². The first-order valence-corrected chi connectivity index (χ1v) is 9.17. The van der Waals surface area contributed by atoms with Gasteiger partial charge in [0.05, 0.1) is 4.90 Å². The molecular weight excluding hydrogens is 356 g/mol. The summed E-state index contributed by atoms with van der Waals surface area (Å²) in [4.78, 5) is 20.8. The highest BCUT2D eigenvalue weighted by atomic mass is 32.2. The Morgan fingerprint density at radius 2 is 1.92 bits per heavy atom. The Balaban J connectivity index is 1.95. The number of aryl methyl sites for hydroxylation is 2. The fourth-order valence-corrected chi connectivity index (χ4v) is 3.22. The van der Waals surface area contributed by atoms with Crippen molar-refractivity contribution >= 4 is 27.4 Å². The minimum Gasteiger partial charge on any atom is -0.319 e. The number of benzene rings is 1. The molecule has 0 radical (unpaired) electrons. The lowest BCUT2D eigenvalue weighted by Gasteiger charge is -2.14. The van der Waals surface area contributed by atoms with Gasteiger partial charge in [-0.3, -0.25) is 4.79 Å². The van der Waals surface area contributed by atoms with Gasteiger partial charge in [-0.2, -0.15) is 4.98 Å². The van der Waals surface area contributed by atoms with Gasteiger partial charge in [0.25, 0.3) is 11.7 Å². The lowest BCUT2D eigenvalue weighted by atomic mass is 10.2. The van der Waals surface area contributed by atoms with Gasteiger partial charge in [0.1, 0.15) is 0 Å². The zero-order valence-corrected chi connectivity index (χ0v) is 15.6. The maximum atomic E-state index is 12.5. The molecule has 0 saturated carbocycles. The van der Waals surface area contributed by atoms with Crippen LogP contribution in [-0.2, 0) is 10.0 Å². The van der Waals surface area contributed by atoms with Crippen molar-refractivity contribution in [1.29, 1.82) is 0 Å². The fraction of sp³-hybridized carbons (Fsp3) is 0.250. The van der Waals surface area contributed by atoms with Crippen LogP contribution in [-0.4, -0.2) is 52.3 Å². The third kappa shape index (κ3) is 3.16. The van der Waals surface area contributed by atoms with Gasteiger partial charge in [0.2, 0.25) is 15.8 Å². The zero-order valence-electron chi connectivity index (χ0n) is 14.8. The molecule has 0 aliphatic carbocycles. The molecule has 1 N–H and O–H groups in total. The van der Waals surface area contributed by atoms with E-state index in [1.165, 1.54) is 30.7 Å². The largest absolute Gasteiger partial charge is 0.319 e. The second kappa shape index (κ2) is 6.46. The number of sulfonamides is 1. The lowest BCUT2D eigenvalue weighted by Crippen LogP contribution is -2.22. The van der Waals surface area contributed by atoms with Crippen LogP contribution in [0, 0.1) is 13.8 Å². The molecule has 1 amide bonds. The zero-order chi connectivity index (χ0) is 19.1. The van der Waals surface area contributed by atoms with Crippen molar-refractivity contribution in [2.24, 2.45) is 0 Å². The molecule has 1 aromatic carbocycles. The number of nitrogens with one attached hydrogen (secondary N) is 1. The summed E-state index contributed by atoms with van der Waals surface area (Å²) >= 11 is 0. The van der Waals surface area contributed by atoms with E-state index in [0.29, 0.717) is 17.0 Å². The maximum absolute atomic E-state index is 12.5. The van der Waals surface area contributed by atoms with Crippen molar-refractivity contribution in [2.75, 3.05) is 19.4 Å². The molecule has 0 saturated heterocycles. The Kier molecular flexibility index (Phi) is 4.46. The van der Waals surface area contributed by atoms with E-state index in [1.54, 1.807) is 25.3 Å². The number of hydrogen-bond donors (Lipinski definition) is 1. The number of rotatable bonds is 4. The SMILES string of the molecule is Cc1ccc(S(=O)(=O)N(C)C)cc1NC(=O)c1nc2nccc(C)n2n1. The van der Waals surface area contributed by atoms with E-state index in [0.717, 1.165) is 10.00 Å². The van der Waals surface area contributed by atoms with Gasteiger partial charge in [-0.25, -0.2) is 22.2 Å². The quantitative estimate of drug-likeness (QED) is 0.736. The Hall–Kier alpha value is -2.85. The second-order valence-electron chi connectivity index (χ2n) is 5.95. The molecule has 0 unspecified atom stereocenters. The van der Waals surface area contributed by atoms with E-state index >= 15 is 0 Å². The summed E-state index contributed by atoms with van der Waals surface area (Å²) in [5.74, 6) is -0.278. The molecule has 136 valence electrons. The molecule has 0 aliphatic rings. The van der Waals surface area contributed by atoms with Crippen molar-refractivity contribution in [3.05, 3.63) is 47.5 Å². The van der Waals surface area contributed by atoms with Crippen LogP contribution in [0.1, 0.15) is 21.9 Å². The van der Waals surface area contributed by atoms with Crippen LogP contribution in [0.2, 0.25) is 0 Å². The minimum atomic E-state index is -3.61. The molecular formula is C16H18N6O3S. The minimum absolute atomic E-state index is 0.0490. The Morgan fingerprint density at radius 3 is 2.58 bits per heavy atom. The number of hydrogen-bond acceptors (Lipinski definition) is 6. The summed E-state index contributed by atoms with van der Waals surface area (Å²) in [6.45, 7) is 3.59. The topological polar surface area (TPSA) is 110 Å². The van der Waals surface area contributed by atoms with Crippen LogP contribution in [0.15, 0.2) is 35.4 Å². The normalized spacial score (nSPS) is 11.9. The molecule has 0 spiro atoms. The molecule has 0 bridgehead atoms. The van der Waals surface area contributed by atoms with Crippen LogP contribution in [0.5, 0.6) is 0 Å². The molecule has 2 heterocycles. The molecule has 9 nitrogen and oxygen atoms in total. The molecule has 3 aromatic rings. The van der Waals surface area contributed by atoms with Gasteiger partial charge in [-0.05, 0) is 37.6 Å². The number of carbonyl (C=O) groups excluding carboxylic acids is 1. The van der Waals surface area contributed by atoms with Gasteiger partial charge < -0.3 is 5.32 Å². The van der Waals surface area contributed by atoms with E-state index in [4.69, 9.17) is 0 Å². The van der Waals surface area contributed by atoms with Gasteiger partial charge in [-0.1, -0.05) is 6.07 Å². The molecule has 2 aromatic heterocycles. The third-order valence-corrected chi connectivity index (χ3v) is 5.68. The maximum Gasteiger partial charge on any atom is 0.295 e. The molecule has 0 aliphatic heterocycles. The summed E-state index contributed by atoms with van der Waals surface area (Å²) in [7, 11) is -0.710. The van der Waals surface area contributed by atoms with E-state index < -0.39 is 15.9 Å². The Morgan fingerprint density at radius 1 is 1.19 bits per heavy atom. The summed E-state index contributed by atoms with van der Waals surface area (Å²) < 4.78 is 27.1. The van der Waals surface area contributed by atoms with E-state index in [2.05, 4.69) is 20.4 Å². The highest BCUT2D eigenvalue weighted by Crippen LogP contribution is 2.22. The highest BCUT2D eigenvalue weighted by molar-refractivity contribution is 7.89. The van der Waals surface area contributed by atoms with Crippen molar-refractivity contribution < 1.29 is 13.2 Å². The van der Waals surface area contributed by atoms with E-state index in [1.807, 2.05) is 6.92 Å². The average Bonchev–Trinajstić information content (AvgIpc) is 3.02. The number of carbonyl (C=O) groups is 1. The first-order valence-electron chi connectivity index (χ1n) is 7.73. The molecule has 0 atom stereocenters. The van der Waals surface area contributed by atoms with Crippen molar-refractivity contribution in [3.63, 3.8) is 0 Å². The van der Waals surface area contributed by atoms with Gasteiger partial charge in [0.15, 0.2) is 0 Å². The van der Waals surface area contributed by atoms with Crippen LogP contribution in [0.25, 0.3) is 5.78 Å². The predicted octanol–water partition coefficient (Wildman–Crippen LogP) is 1.24. The summed E-state index contributed by atoms with van der Waals surface area (Å²) in [5, 5.41) is 6.81. The Bertz CT molecular complexity index is 1100. The van der Waals surface area contributed by atoms with Gasteiger partial charge in [0, 0.05) is 31.7 Å². The molecule has 0 fully saturated rings. The fourth-order valence-electron chi connectivity index (χ4n) is 2.29. The monoisotopic (exact) mass is 374 g/mol. The predicted molar refractivity (Wildman–Crippen MR) is 95.5 cm³/mol. The van der Waals surface area contributed by atoms with Crippen molar-refractivity contribution in [1.82, 2.24) is 23.9 Å². The standard InChI is InChI=1S/C16H18N6O3S/c1-10-5-6-12(26(24,25)21(3)4)9-13(10)18-15(23)14-19-16-17-8-7-11(2)22(16)20-14/h5-9H,1-4H3,(H,18,23). The third-order valence-electron chi connectivity index (χ3n) is 3.87. The van der Waals surface area contributed by atoms with Crippen molar-refractivity contribution in [2.45, 2.75) is 18.7 Å². The number of anilines is 1. The average molecular weight is 374 g/mol. The van der Waals surface area contributed by atoms with Crippen LogP contribution in [0.4, 0.5) is 5.69 Å². The molecule has 3 rings (SSSR count). The highest BCUT2D eigenvalue weighted by Gasteiger charge is 2.20. The molecule has 26 heavy (non-hydrogen) atoms. The number of nitrogens with zero attached hydrogens (tertiary/aromatic N) is 5. The number of aromatic nitrogens is 4. The smallest absolute Gasteiger partial charge is 0.295 e. The van der Waals surface area contributed by atoms with Crippen molar-refractivity contribution in [3.8, 4) is 0 Å². The number of fused-ring (bicyclic) bond motifs is 1. The lowest BCUT2D eigenvalue weighted by molar-refractivity contribution is 0.101. The van der Waals surface area contributed by atoms with Gasteiger partial charge >= 0.3 is 0 Å². The molecule has 10 heteroatoms. The van der Waals surface area contributed by atoms with Crippen LogP contribution >= 0.6 is 0 Å². The summed E-state index contributed by atoms with van der Waals surface area (Å²) in [6, 6.07) is 6.30. The summed E-state index contributed by atoms with van der Waals surface area (Å²) in [6.07, 6.45) is 1.58. The van der Waals surface area contributed by atoms with E-state index in [9.17, 15) is 13.2 Å². The second-order valence-corrected chi connectivity index (χ2v) is 8.10. The number of amides is 1. The van der Waals surface area contributed by atoms with Gasteiger partial charge in [-0.15, -0.1) is 5.10 Å². The Labute approximate surface area is 150 Å². The van der Waals surface area contributed by atoms with E-state index in [-0.39, 0.29) is 10.7 Å².